The van der Waals surface area contributed by atoms with Crippen LogP contribution in [0.5, 0.6) is 0 Å². The van der Waals surface area contributed by atoms with Crippen LogP contribution < -0.4 is 15.1 Å². The van der Waals surface area contributed by atoms with E-state index in [9.17, 15) is 18.0 Å². The maximum Gasteiger partial charge on any atom is 0.416 e. The molecule has 0 spiro atoms. The van der Waals surface area contributed by atoms with Crippen molar-refractivity contribution in [2.75, 3.05) is 29.4 Å². The van der Waals surface area contributed by atoms with Crippen LogP contribution in [0.15, 0.2) is 66.9 Å². The number of pyridine rings is 1. The molecule has 0 aliphatic carbocycles. The fourth-order valence-corrected chi connectivity index (χ4v) is 5.12. The number of anilines is 2. The van der Waals surface area contributed by atoms with Gasteiger partial charge in [-0.25, -0.2) is 0 Å². The van der Waals surface area contributed by atoms with Gasteiger partial charge in [-0.1, -0.05) is 17.7 Å². The number of hydrogen-bond donors (Lipinski definition) is 1. The molecule has 2 aliphatic rings. The standard InChI is InChI=1S/C26H24ClF3N4O/c27-19-5-7-21(8-6-19)33-11-12-34-23-9-4-18(26(28,29)30)13-17(23)14-22(24(34)16-33)25(35)32-15-20-3-1-2-10-31-20/h1-10,13,22,24H,11-12,14-16H2,(H,32,35). The van der Waals surface area contributed by atoms with E-state index in [1.54, 1.807) is 18.3 Å². The number of carbonyl (C=O) groups excluding carboxylic acids is 1. The molecule has 1 saturated heterocycles. The first-order valence-corrected chi connectivity index (χ1v) is 11.8. The number of halogens is 4. The summed E-state index contributed by atoms with van der Waals surface area (Å²) in [6.07, 6.45) is -2.54. The minimum absolute atomic E-state index is 0.188. The van der Waals surface area contributed by atoms with E-state index in [4.69, 9.17) is 11.6 Å². The number of hydrogen-bond acceptors (Lipinski definition) is 4. The van der Waals surface area contributed by atoms with Crippen LogP contribution >= 0.6 is 11.6 Å². The molecule has 9 heteroatoms. The highest BCUT2D eigenvalue weighted by molar-refractivity contribution is 6.30. The summed E-state index contributed by atoms with van der Waals surface area (Å²) in [5.41, 5.74) is 2.35. The van der Waals surface area contributed by atoms with Gasteiger partial charge in [0.1, 0.15) is 0 Å². The third-order valence-corrected chi connectivity index (χ3v) is 6.99. The number of nitrogens with zero attached hydrogens (tertiary/aromatic N) is 3. The fourth-order valence-electron chi connectivity index (χ4n) is 5.00. The van der Waals surface area contributed by atoms with Crippen LogP contribution in [0.2, 0.25) is 5.02 Å². The lowest BCUT2D eigenvalue weighted by atomic mass is 9.82. The van der Waals surface area contributed by atoms with Gasteiger partial charge < -0.3 is 15.1 Å². The molecule has 0 bridgehead atoms. The van der Waals surface area contributed by atoms with E-state index < -0.39 is 17.7 Å². The summed E-state index contributed by atoms with van der Waals surface area (Å²) in [6.45, 7) is 2.11. The van der Waals surface area contributed by atoms with Gasteiger partial charge in [-0.05, 0) is 66.6 Å². The number of amides is 1. The second kappa shape index (κ2) is 9.41. The van der Waals surface area contributed by atoms with Gasteiger partial charge in [0.2, 0.25) is 5.91 Å². The van der Waals surface area contributed by atoms with Gasteiger partial charge in [0.05, 0.1) is 29.8 Å². The Morgan fingerprint density at radius 3 is 2.60 bits per heavy atom. The summed E-state index contributed by atoms with van der Waals surface area (Å²) in [4.78, 5) is 21.9. The summed E-state index contributed by atoms with van der Waals surface area (Å²) < 4.78 is 40.2. The lowest BCUT2D eigenvalue weighted by Crippen LogP contribution is -2.61. The topological polar surface area (TPSA) is 48.5 Å². The van der Waals surface area contributed by atoms with Crippen LogP contribution in [0.4, 0.5) is 24.5 Å². The molecule has 5 rings (SSSR count). The van der Waals surface area contributed by atoms with E-state index in [0.29, 0.717) is 30.2 Å². The van der Waals surface area contributed by atoms with Crippen molar-refractivity contribution in [3.8, 4) is 0 Å². The van der Waals surface area contributed by atoms with Gasteiger partial charge in [-0.3, -0.25) is 9.78 Å². The van der Waals surface area contributed by atoms with Crippen LogP contribution in [-0.4, -0.2) is 36.6 Å². The number of fused-ring (bicyclic) bond motifs is 3. The van der Waals surface area contributed by atoms with Gasteiger partial charge >= 0.3 is 6.18 Å². The molecule has 2 aromatic carbocycles. The Labute approximate surface area is 206 Å². The molecule has 2 aliphatic heterocycles. The second-order valence-corrected chi connectivity index (χ2v) is 9.31. The molecular weight excluding hydrogens is 477 g/mol. The number of benzene rings is 2. The van der Waals surface area contributed by atoms with E-state index in [0.717, 1.165) is 23.1 Å². The van der Waals surface area contributed by atoms with Crippen LogP contribution in [0, 0.1) is 5.92 Å². The first-order chi connectivity index (χ1) is 16.8. The highest BCUT2D eigenvalue weighted by atomic mass is 35.5. The maximum atomic E-state index is 13.4. The van der Waals surface area contributed by atoms with Crippen molar-refractivity contribution >= 4 is 28.9 Å². The lowest BCUT2D eigenvalue weighted by Gasteiger charge is -2.49. The molecule has 0 radical (unpaired) electrons. The molecule has 35 heavy (non-hydrogen) atoms. The first kappa shape index (κ1) is 23.5. The Kier molecular flexibility index (Phi) is 6.32. The number of nitrogens with one attached hydrogen (secondary N) is 1. The third kappa shape index (κ3) is 4.93. The van der Waals surface area contributed by atoms with Crippen LogP contribution in [0.3, 0.4) is 0 Å². The smallest absolute Gasteiger partial charge is 0.368 e. The quantitative estimate of drug-likeness (QED) is 0.551. The summed E-state index contributed by atoms with van der Waals surface area (Å²) in [6, 6.07) is 16.7. The number of carbonyl (C=O) groups is 1. The van der Waals surface area contributed by atoms with E-state index in [1.165, 1.54) is 6.07 Å². The Hall–Kier alpha value is -3.26. The number of rotatable bonds is 4. The molecule has 1 amide bonds. The summed E-state index contributed by atoms with van der Waals surface area (Å²) in [5.74, 6) is -0.698. The molecule has 2 unspecified atom stereocenters. The van der Waals surface area contributed by atoms with Crippen molar-refractivity contribution in [2.24, 2.45) is 5.92 Å². The van der Waals surface area contributed by atoms with Gasteiger partial charge in [0.25, 0.3) is 0 Å². The molecule has 0 saturated carbocycles. The zero-order chi connectivity index (χ0) is 24.6. The largest absolute Gasteiger partial charge is 0.416 e. The number of alkyl halides is 3. The molecular formula is C26H24ClF3N4O. The lowest BCUT2D eigenvalue weighted by molar-refractivity contribution is -0.137. The van der Waals surface area contributed by atoms with E-state index in [1.807, 2.05) is 36.4 Å². The van der Waals surface area contributed by atoms with Gasteiger partial charge in [0, 0.05) is 42.2 Å². The molecule has 3 aromatic rings. The molecule has 2 atom stereocenters. The zero-order valence-electron chi connectivity index (χ0n) is 18.8. The third-order valence-electron chi connectivity index (χ3n) is 6.74. The van der Waals surface area contributed by atoms with Gasteiger partial charge in [-0.2, -0.15) is 13.2 Å². The van der Waals surface area contributed by atoms with E-state index in [2.05, 4.69) is 20.1 Å². The minimum atomic E-state index is -4.43. The Balaban J connectivity index is 1.44. The average molecular weight is 501 g/mol. The van der Waals surface area contributed by atoms with Crippen molar-refractivity contribution in [1.82, 2.24) is 10.3 Å². The Morgan fingerprint density at radius 1 is 1.09 bits per heavy atom. The normalized spacial score (nSPS) is 19.7. The van der Waals surface area contributed by atoms with Gasteiger partial charge in [-0.15, -0.1) is 0 Å². The molecule has 5 nitrogen and oxygen atoms in total. The minimum Gasteiger partial charge on any atom is -0.368 e. The zero-order valence-corrected chi connectivity index (χ0v) is 19.6. The highest BCUT2D eigenvalue weighted by Crippen LogP contribution is 2.40. The molecule has 1 N–H and O–H groups in total. The Morgan fingerprint density at radius 2 is 1.89 bits per heavy atom. The van der Waals surface area contributed by atoms with Crippen molar-refractivity contribution in [2.45, 2.75) is 25.2 Å². The Bertz CT molecular complexity index is 1200. The number of aromatic nitrogens is 1. The van der Waals surface area contributed by atoms with Crippen molar-refractivity contribution in [3.05, 3.63) is 88.7 Å². The average Bonchev–Trinajstić information content (AvgIpc) is 2.86. The van der Waals surface area contributed by atoms with Crippen LogP contribution in [-0.2, 0) is 23.9 Å². The van der Waals surface area contributed by atoms with Gasteiger partial charge in [0.15, 0.2) is 0 Å². The summed E-state index contributed by atoms with van der Waals surface area (Å²) in [7, 11) is 0. The van der Waals surface area contributed by atoms with Crippen molar-refractivity contribution in [1.29, 1.82) is 0 Å². The highest BCUT2D eigenvalue weighted by Gasteiger charge is 2.42. The predicted octanol–water partition coefficient (Wildman–Crippen LogP) is 4.94. The molecule has 1 fully saturated rings. The SMILES string of the molecule is O=C(NCc1ccccn1)C1Cc2cc(C(F)(F)F)ccc2N2CCN(c3ccc(Cl)cc3)CC12. The predicted molar refractivity (Wildman–Crippen MR) is 130 cm³/mol. The van der Waals surface area contributed by atoms with Crippen LogP contribution in [0.25, 0.3) is 0 Å². The van der Waals surface area contributed by atoms with Crippen molar-refractivity contribution in [3.63, 3.8) is 0 Å². The monoisotopic (exact) mass is 500 g/mol. The molecule has 182 valence electrons. The van der Waals surface area contributed by atoms with Crippen LogP contribution in [0.1, 0.15) is 16.8 Å². The maximum absolute atomic E-state index is 13.4. The van der Waals surface area contributed by atoms with E-state index >= 15 is 0 Å². The molecule has 1 aromatic heterocycles. The van der Waals surface area contributed by atoms with Crippen molar-refractivity contribution < 1.29 is 18.0 Å². The number of piperazine rings is 1. The fraction of sp³-hybridized carbons (Fsp3) is 0.308. The summed E-state index contributed by atoms with van der Waals surface area (Å²) in [5, 5.41) is 3.60. The summed E-state index contributed by atoms with van der Waals surface area (Å²) >= 11 is 6.05. The van der Waals surface area contributed by atoms with E-state index in [-0.39, 0.29) is 24.9 Å². The second-order valence-electron chi connectivity index (χ2n) is 8.87. The first-order valence-electron chi connectivity index (χ1n) is 11.4. The molecule has 3 heterocycles.